The second kappa shape index (κ2) is 8.45. The first kappa shape index (κ1) is 20.5. The highest BCUT2D eigenvalue weighted by Gasteiger charge is 2.38. The largest absolute Gasteiger partial charge is 0.480 e. The Bertz CT molecular complexity index is 848. The maximum Gasteiger partial charge on any atom is 0.326 e. The normalized spacial score (nSPS) is 21.2. The minimum Gasteiger partial charge on any atom is -0.480 e. The summed E-state index contributed by atoms with van der Waals surface area (Å²) in [5, 5.41) is 9.24. The molecule has 3 rings (SSSR count). The van der Waals surface area contributed by atoms with Gasteiger partial charge in [-0.15, -0.1) is 0 Å². The molecule has 6 nitrogen and oxygen atoms in total. The molecule has 0 radical (unpaired) electrons. The number of carbonyl (C=O) groups is 3. The highest BCUT2D eigenvalue weighted by atomic mass is 32.2. The van der Waals surface area contributed by atoms with Crippen LogP contribution in [-0.2, 0) is 14.4 Å². The number of nitrogens with zero attached hydrogens (tertiary/aromatic N) is 2. The lowest BCUT2D eigenvalue weighted by Gasteiger charge is -2.24. The maximum atomic E-state index is 12.7. The average Bonchev–Trinajstić information content (AvgIpc) is 3.23. The number of rotatable bonds is 5. The van der Waals surface area contributed by atoms with E-state index < -0.39 is 12.0 Å². The average molecular weight is 419 g/mol. The lowest BCUT2D eigenvalue weighted by molar-refractivity contribution is -0.148. The third-order valence-electron chi connectivity index (χ3n) is 4.93. The number of thiocarbonyl (C=S) groups is 1. The third-order valence-corrected chi connectivity index (χ3v) is 6.30. The van der Waals surface area contributed by atoms with Crippen molar-refractivity contribution >= 4 is 52.2 Å². The van der Waals surface area contributed by atoms with E-state index in [1.165, 1.54) is 15.4 Å². The second-order valence-electron chi connectivity index (χ2n) is 7.17. The van der Waals surface area contributed by atoms with E-state index in [2.05, 4.69) is 13.8 Å². The Balaban J connectivity index is 1.71. The first-order valence-corrected chi connectivity index (χ1v) is 10.4. The Labute approximate surface area is 173 Å². The standard InChI is InChI=1S/C20H22N2O4S2/c1-12(2)14-7-5-13(6-8-14)10-16-18(24)22(20(27)28-16)11-17(23)21-9-3-4-15(21)19(25)26/h5-8,10,12,15H,3-4,9,11H2,1-2H3,(H,25,26)/b16-10-. The fourth-order valence-electron chi connectivity index (χ4n) is 3.31. The van der Waals surface area contributed by atoms with Gasteiger partial charge in [-0.1, -0.05) is 62.1 Å². The summed E-state index contributed by atoms with van der Waals surface area (Å²) in [5.41, 5.74) is 2.11. The van der Waals surface area contributed by atoms with Gasteiger partial charge in [0.15, 0.2) is 0 Å². The number of aliphatic carboxylic acids is 1. The zero-order valence-electron chi connectivity index (χ0n) is 15.8. The smallest absolute Gasteiger partial charge is 0.326 e. The second-order valence-corrected chi connectivity index (χ2v) is 8.85. The molecule has 28 heavy (non-hydrogen) atoms. The summed E-state index contributed by atoms with van der Waals surface area (Å²) in [6.45, 7) is 4.40. The van der Waals surface area contributed by atoms with Crippen molar-refractivity contribution in [3.63, 3.8) is 0 Å². The molecule has 0 aliphatic carbocycles. The number of carboxylic acid groups (broad SMARTS) is 1. The number of carbonyl (C=O) groups excluding carboxylic acids is 2. The summed E-state index contributed by atoms with van der Waals surface area (Å²) in [6.07, 6.45) is 2.85. The number of benzene rings is 1. The van der Waals surface area contributed by atoms with Gasteiger partial charge in [0.2, 0.25) is 5.91 Å². The molecule has 0 aromatic heterocycles. The van der Waals surface area contributed by atoms with Gasteiger partial charge in [0.25, 0.3) is 5.91 Å². The number of amides is 2. The van der Waals surface area contributed by atoms with Crippen LogP contribution in [0.3, 0.4) is 0 Å². The van der Waals surface area contributed by atoms with Crippen LogP contribution in [0.1, 0.15) is 43.7 Å². The molecular formula is C20H22N2O4S2. The summed E-state index contributed by atoms with van der Waals surface area (Å²) in [7, 11) is 0. The number of carboxylic acids is 1. The number of hydrogen-bond donors (Lipinski definition) is 1. The van der Waals surface area contributed by atoms with Crippen LogP contribution in [0.4, 0.5) is 0 Å². The predicted octanol–water partition coefficient (Wildman–Crippen LogP) is 3.09. The van der Waals surface area contributed by atoms with Crippen LogP contribution in [-0.4, -0.2) is 56.1 Å². The zero-order valence-corrected chi connectivity index (χ0v) is 17.4. The molecule has 2 heterocycles. The molecule has 148 valence electrons. The molecule has 2 aliphatic rings. The molecule has 1 aromatic rings. The molecule has 8 heteroatoms. The van der Waals surface area contributed by atoms with E-state index in [-0.39, 0.29) is 18.4 Å². The van der Waals surface area contributed by atoms with Crippen molar-refractivity contribution in [2.24, 2.45) is 0 Å². The topological polar surface area (TPSA) is 77.9 Å². The fraction of sp³-hybridized carbons (Fsp3) is 0.400. The van der Waals surface area contributed by atoms with E-state index in [0.717, 1.165) is 17.3 Å². The van der Waals surface area contributed by atoms with E-state index in [4.69, 9.17) is 12.2 Å². The van der Waals surface area contributed by atoms with Gasteiger partial charge in [-0.2, -0.15) is 0 Å². The van der Waals surface area contributed by atoms with E-state index in [1.54, 1.807) is 6.08 Å². The lowest BCUT2D eigenvalue weighted by atomic mass is 10.0. The van der Waals surface area contributed by atoms with Gasteiger partial charge in [-0.05, 0) is 36.0 Å². The van der Waals surface area contributed by atoms with Crippen LogP contribution in [0.15, 0.2) is 29.2 Å². The van der Waals surface area contributed by atoms with Gasteiger partial charge < -0.3 is 10.0 Å². The van der Waals surface area contributed by atoms with Crippen molar-refractivity contribution in [2.75, 3.05) is 13.1 Å². The summed E-state index contributed by atoms with van der Waals surface area (Å²) in [4.78, 5) is 39.6. The van der Waals surface area contributed by atoms with E-state index in [9.17, 15) is 19.5 Å². The van der Waals surface area contributed by atoms with Crippen molar-refractivity contribution in [3.05, 3.63) is 40.3 Å². The summed E-state index contributed by atoms with van der Waals surface area (Å²) in [5.74, 6) is -1.29. The molecule has 2 aliphatic heterocycles. The molecular weight excluding hydrogens is 396 g/mol. The Kier molecular flexibility index (Phi) is 6.20. The monoisotopic (exact) mass is 418 g/mol. The quantitative estimate of drug-likeness (QED) is 0.585. The van der Waals surface area contributed by atoms with Crippen molar-refractivity contribution in [2.45, 2.75) is 38.6 Å². The summed E-state index contributed by atoms with van der Waals surface area (Å²) in [6, 6.07) is 7.14. The van der Waals surface area contributed by atoms with E-state index in [1.807, 2.05) is 24.3 Å². The molecule has 2 fully saturated rings. The molecule has 1 aromatic carbocycles. The van der Waals surface area contributed by atoms with Crippen LogP contribution in [0.25, 0.3) is 6.08 Å². The van der Waals surface area contributed by atoms with Crippen LogP contribution >= 0.6 is 24.0 Å². The molecule has 0 spiro atoms. The molecule has 2 amide bonds. The SMILES string of the molecule is CC(C)c1ccc(/C=C2\SC(=S)N(CC(=O)N3CCCC3C(=O)O)C2=O)cc1. The highest BCUT2D eigenvalue weighted by molar-refractivity contribution is 8.26. The predicted molar refractivity (Wildman–Crippen MR) is 113 cm³/mol. The first-order valence-electron chi connectivity index (χ1n) is 9.15. The van der Waals surface area contributed by atoms with Crippen molar-refractivity contribution < 1.29 is 19.5 Å². The Morgan fingerprint density at radius 2 is 2.00 bits per heavy atom. The fourth-order valence-corrected chi connectivity index (χ4v) is 4.57. The van der Waals surface area contributed by atoms with Crippen molar-refractivity contribution in [1.29, 1.82) is 0 Å². The first-order chi connectivity index (χ1) is 13.3. The molecule has 0 bridgehead atoms. The van der Waals surface area contributed by atoms with Crippen LogP contribution in [0.2, 0.25) is 0 Å². The minimum atomic E-state index is -1.01. The third kappa shape index (κ3) is 4.28. The molecule has 1 N–H and O–H groups in total. The van der Waals surface area contributed by atoms with Crippen LogP contribution < -0.4 is 0 Å². The molecule has 2 saturated heterocycles. The van der Waals surface area contributed by atoms with Crippen LogP contribution in [0, 0.1) is 0 Å². The minimum absolute atomic E-state index is 0.224. The molecule has 0 saturated carbocycles. The van der Waals surface area contributed by atoms with Gasteiger partial charge in [0.1, 0.15) is 16.9 Å². The van der Waals surface area contributed by atoms with Gasteiger partial charge >= 0.3 is 5.97 Å². The van der Waals surface area contributed by atoms with E-state index >= 15 is 0 Å². The summed E-state index contributed by atoms with van der Waals surface area (Å²) >= 11 is 6.44. The van der Waals surface area contributed by atoms with Crippen molar-refractivity contribution in [1.82, 2.24) is 9.80 Å². The Hall–Kier alpha value is -2.19. The Morgan fingerprint density at radius 3 is 2.61 bits per heavy atom. The summed E-state index contributed by atoms with van der Waals surface area (Å²) < 4.78 is 0.314. The number of hydrogen-bond acceptors (Lipinski definition) is 5. The highest BCUT2D eigenvalue weighted by Crippen LogP contribution is 2.33. The molecule has 1 atom stereocenters. The van der Waals surface area contributed by atoms with Gasteiger partial charge in [0.05, 0.1) is 4.91 Å². The lowest BCUT2D eigenvalue weighted by Crippen LogP contribution is -2.46. The van der Waals surface area contributed by atoms with Crippen LogP contribution in [0.5, 0.6) is 0 Å². The Morgan fingerprint density at radius 1 is 1.32 bits per heavy atom. The number of thioether (sulfide) groups is 1. The van der Waals surface area contributed by atoms with Gasteiger partial charge in [0, 0.05) is 6.54 Å². The molecule has 1 unspecified atom stereocenters. The van der Waals surface area contributed by atoms with Gasteiger partial charge in [-0.3, -0.25) is 14.5 Å². The zero-order chi connectivity index (χ0) is 20.4. The van der Waals surface area contributed by atoms with Gasteiger partial charge in [-0.25, -0.2) is 4.79 Å². The maximum absolute atomic E-state index is 12.7. The van der Waals surface area contributed by atoms with E-state index in [0.29, 0.717) is 34.5 Å². The number of likely N-dealkylation sites (tertiary alicyclic amines) is 1. The van der Waals surface area contributed by atoms with Crippen molar-refractivity contribution in [3.8, 4) is 0 Å².